The summed E-state index contributed by atoms with van der Waals surface area (Å²) in [5.74, 6) is -0.872. The van der Waals surface area contributed by atoms with Gasteiger partial charge in [-0.05, 0) is 6.07 Å². The van der Waals surface area contributed by atoms with Crippen LogP contribution in [0.1, 0.15) is 16.1 Å². The van der Waals surface area contributed by atoms with Crippen molar-refractivity contribution in [1.29, 1.82) is 0 Å². The Kier molecular flexibility index (Phi) is 1.97. The molecule has 0 unspecified atom stereocenters. The number of carboxylic acids is 1. The molecule has 0 aliphatic heterocycles. The van der Waals surface area contributed by atoms with Gasteiger partial charge in [-0.2, -0.15) is 0 Å². The molecule has 0 saturated heterocycles. The van der Waals surface area contributed by atoms with Crippen molar-refractivity contribution in [3.8, 4) is 0 Å². The van der Waals surface area contributed by atoms with E-state index in [9.17, 15) is 4.79 Å². The van der Waals surface area contributed by atoms with Gasteiger partial charge in [-0.15, -0.1) is 11.6 Å². The number of furan rings is 1. The van der Waals surface area contributed by atoms with Gasteiger partial charge >= 0.3 is 5.97 Å². The summed E-state index contributed by atoms with van der Waals surface area (Å²) in [4.78, 5) is 10.2. The molecule has 0 amide bonds. The molecule has 0 aliphatic carbocycles. The third-order valence-corrected chi connectivity index (χ3v) is 1.33. The number of hydrogen-bond acceptors (Lipinski definition) is 2. The van der Waals surface area contributed by atoms with Crippen molar-refractivity contribution in [3.05, 3.63) is 23.7 Å². The highest BCUT2D eigenvalue weighted by atomic mass is 35.5. The van der Waals surface area contributed by atoms with Crippen LogP contribution >= 0.6 is 11.6 Å². The van der Waals surface area contributed by atoms with Crippen LogP contribution in [0.25, 0.3) is 0 Å². The maximum atomic E-state index is 10.2. The van der Waals surface area contributed by atoms with E-state index in [-0.39, 0.29) is 11.6 Å². The minimum Gasteiger partial charge on any atom is -0.475 e. The molecule has 3 nitrogen and oxygen atoms in total. The molecule has 0 aliphatic rings. The zero-order valence-corrected chi connectivity index (χ0v) is 5.76. The zero-order valence-electron chi connectivity index (χ0n) is 5.00. The van der Waals surface area contributed by atoms with Crippen molar-refractivity contribution in [2.75, 3.05) is 0 Å². The van der Waals surface area contributed by atoms with Crippen LogP contribution in [0.4, 0.5) is 0 Å². The Morgan fingerprint density at radius 2 is 2.50 bits per heavy atom. The fourth-order valence-electron chi connectivity index (χ4n) is 0.558. The van der Waals surface area contributed by atoms with Crippen molar-refractivity contribution >= 4 is 17.6 Å². The van der Waals surface area contributed by atoms with Crippen LogP contribution in [0, 0.1) is 0 Å². The summed E-state index contributed by atoms with van der Waals surface area (Å²) in [6.45, 7) is 0. The summed E-state index contributed by atoms with van der Waals surface area (Å²) in [6.07, 6.45) is 1.33. The molecule has 0 spiro atoms. The van der Waals surface area contributed by atoms with E-state index in [0.29, 0.717) is 5.56 Å². The van der Waals surface area contributed by atoms with E-state index in [1.54, 1.807) is 0 Å². The monoisotopic (exact) mass is 160 g/mol. The SMILES string of the molecule is O=C(O)c1cc(CCl)co1. The van der Waals surface area contributed by atoms with Crippen molar-refractivity contribution < 1.29 is 14.3 Å². The van der Waals surface area contributed by atoms with E-state index in [4.69, 9.17) is 16.7 Å². The van der Waals surface area contributed by atoms with Gasteiger partial charge in [-0.25, -0.2) is 4.79 Å². The molecule has 0 saturated carbocycles. The summed E-state index contributed by atoms with van der Waals surface area (Å²) in [7, 11) is 0. The van der Waals surface area contributed by atoms with Crippen molar-refractivity contribution in [1.82, 2.24) is 0 Å². The third-order valence-electron chi connectivity index (χ3n) is 1.02. The first-order valence-electron chi connectivity index (χ1n) is 2.60. The quantitative estimate of drug-likeness (QED) is 0.671. The Balaban J connectivity index is 2.88. The molecule has 54 valence electrons. The predicted molar refractivity (Wildman–Crippen MR) is 35.2 cm³/mol. The molecule has 0 atom stereocenters. The largest absolute Gasteiger partial charge is 0.475 e. The van der Waals surface area contributed by atoms with Gasteiger partial charge in [-0.3, -0.25) is 0 Å². The van der Waals surface area contributed by atoms with E-state index >= 15 is 0 Å². The number of hydrogen-bond donors (Lipinski definition) is 1. The fraction of sp³-hybridized carbons (Fsp3) is 0.167. The Morgan fingerprint density at radius 1 is 1.80 bits per heavy atom. The summed E-state index contributed by atoms with van der Waals surface area (Å²) < 4.78 is 4.63. The molecule has 4 heteroatoms. The molecule has 0 fully saturated rings. The van der Waals surface area contributed by atoms with Crippen LogP contribution < -0.4 is 0 Å². The van der Waals surface area contributed by atoms with E-state index in [1.807, 2.05) is 0 Å². The van der Waals surface area contributed by atoms with Gasteiger partial charge in [0.2, 0.25) is 5.76 Å². The highest BCUT2D eigenvalue weighted by molar-refractivity contribution is 6.17. The van der Waals surface area contributed by atoms with Gasteiger partial charge in [0.05, 0.1) is 12.1 Å². The van der Waals surface area contributed by atoms with Gasteiger partial charge in [0, 0.05) is 5.56 Å². The molecular weight excluding hydrogens is 156 g/mol. The topological polar surface area (TPSA) is 50.4 Å². The van der Waals surface area contributed by atoms with Gasteiger partial charge in [-0.1, -0.05) is 0 Å². The van der Waals surface area contributed by atoms with Gasteiger partial charge in [0.25, 0.3) is 0 Å². The lowest BCUT2D eigenvalue weighted by molar-refractivity contribution is 0.0662. The Labute approximate surface area is 62.2 Å². The Hall–Kier alpha value is -0.960. The molecule has 0 aromatic carbocycles. The minimum atomic E-state index is -1.07. The molecule has 0 bridgehead atoms. The average molecular weight is 161 g/mol. The first-order chi connectivity index (χ1) is 4.74. The second-order valence-electron chi connectivity index (χ2n) is 1.76. The zero-order chi connectivity index (χ0) is 7.56. The van der Waals surface area contributed by atoms with Crippen LogP contribution in [0.15, 0.2) is 16.7 Å². The lowest BCUT2D eigenvalue weighted by atomic mass is 10.3. The molecule has 0 radical (unpaired) electrons. The van der Waals surface area contributed by atoms with Gasteiger partial charge in [0.1, 0.15) is 0 Å². The first kappa shape index (κ1) is 7.15. The molecular formula is C6H5ClO3. The highest BCUT2D eigenvalue weighted by Crippen LogP contribution is 2.09. The van der Waals surface area contributed by atoms with Crippen molar-refractivity contribution in [2.24, 2.45) is 0 Å². The lowest BCUT2D eigenvalue weighted by Gasteiger charge is -1.80. The normalized spacial score (nSPS) is 9.70. The smallest absolute Gasteiger partial charge is 0.371 e. The molecule has 1 aromatic rings. The fourth-order valence-corrected chi connectivity index (χ4v) is 0.698. The minimum absolute atomic E-state index is 0.0735. The van der Waals surface area contributed by atoms with Crippen molar-refractivity contribution in [2.45, 2.75) is 5.88 Å². The van der Waals surface area contributed by atoms with Crippen LogP contribution in [-0.4, -0.2) is 11.1 Å². The number of halogens is 1. The van der Waals surface area contributed by atoms with Crippen LogP contribution in [0.3, 0.4) is 0 Å². The summed E-state index contributed by atoms with van der Waals surface area (Å²) in [6, 6.07) is 1.40. The molecule has 10 heavy (non-hydrogen) atoms. The van der Waals surface area contributed by atoms with Crippen LogP contribution in [0.5, 0.6) is 0 Å². The molecule has 1 rings (SSSR count). The third kappa shape index (κ3) is 1.30. The number of carboxylic acid groups (broad SMARTS) is 1. The predicted octanol–water partition coefficient (Wildman–Crippen LogP) is 1.72. The highest BCUT2D eigenvalue weighted by Gasteiger charge is 2.07. The molecule has 1 N–H and O–H groups in total. The summed E-state index contributed by atoms with van der Waals surface area (Å²) in [5.41, 5.74) is 0.680. The average Bonchev–Trinajstić information content (AvgIpc) is 2.34. The van der Waals surface area contributed by atoms with Crippen LogP contribution in [0.2, 0.25) is 0 Å². The first-order valence-corrected chi connectivity index (χ1v) is 3.14. The summed E-state index contributed by atoms with van der Waals surface area (Å²) in [5, 5.41) is 8.36. The molecule has 1 heterocycles. The van der Waals surface area contributed by atoms with Gasteiger partial charge < -0.3 is 9.52 Å². The second kappa shape index (κ2) is 2.75. The molecule has 1 aromatic heterocycles. The van der Waals surface area contributed by atoms with E-state index < -0.39 is 5.97 Å². The van der Waals surface area contributed by atoms with E-state index in [0.717, 1.165) is 0 Å². The number of alkyl halides is 1. The second-order valence-corrected chi connectivity index (χ2v) is 2.03. The van der Waals surface area contributed by atoms with Gasteiger partial charge in [0.15, 0.2) is 0 Å². The number of carbonyl (C=O) groups is 1. The standard InChI is InChI=1S/C6H5ClO3/c7-2-4-1-5(6(8)9)10-3-4/h1,3H,2H2,(H,8,9). The summed E-state index contributed by atoms with van der Waals surface area (Å²) >= 11 is 5.39. The Bertz CT molecular complexity index is 241. The number of aromatic carboxylic acids is 1. The van der Waals surface area contributed by atoms with E-state index in [1.165, 1.54) is 12.3 Å². The Morgan fingerprint density at radius 3 is 2.80 bits per heavy atom. The van der Waals surface area contributed by atoms with E-state index in [2.05, 4.69) is 4.42 Å². The lowest BCUT2D eigenvalue weighted by Crippen LogP contribution is -1.91. The van der Waals surface area contributed by atoms with Crippen LogP contribution in [-0.2, 0) is 5.88 Å². The van der Waals surface area contributed by atoms with Crippen molar-refractivity contribution in [3.63, 3.8) is 0 Å². The maximum absolute atomic E-state index is 10.2. The maximum Gasteiger partial charge on any atom is 0.371 e. The number of rotatable bonds is 2.